The van der Waals surface area contributed by atoms with Crippen LogP contribution in [0.4, 0.5) is 10.1 Å². The van der Waals surface area contributed by atoms with Crippen molar-refractivity contribution < 1.29 is 14.4 Å². The van der Waals surface area contributed by atoms with Crippen molar-refractivity contribution in [2.45, 2.75) is 19.4 Å². The van der Waals surface area contributed by atoms with E-state index >= 15 is 0 Å². The van der Waals surface area contributed by atoms with E-state index in [9.17, 15) is 14.5 Å². The molecular weight excluding hydrogens is 239 g/mol. The van der Waals surface area contributed by atoms with Crippen molar-refractivity contribution in [3.63, 3.8) is 0 Å². The number of nitrogens with zero attached hydrogens (tertiary/aromatic N) is 1. The summed E-state index contributed by atoms with van der Waals surface area (Å²) in [4.78, 5) is 9.85. The summed E-state index contributed by atoms with van der Waals surface area (Å²) in [6, 6.07) is 4.14. The summed E-state index contributed by atoms with van der Waals surface area (Å²) in [7, 11) is 0. The Balaban J connectivity index is 1.97. The zero-order chi connectivity index (χ0) is 13.2. The van der Waals surface area contributed by atoms with Gasteiger partial charge in [-0.3, -0.25) is 10.1 Å². The highest BCUT2D eigenvalue weighted by Crippen LogP contribution is 2.44. The molecule has 0 radical (unpaired) electrons. The van der Waals surface area contributed by atoms with Gasteiger partial charge >= 0.3 is 5.69 Å². The zero-order valence-electron chi connectivity index (χ0n) is 9.86. The second-order valence-electron chi connectivity index (χ2n) is 4.77. The van der Waals surface area contributed by atoms with E-state index in [1.807, 2.05) is 0 Å². The van der Waals surface area contributed by atoms with Crippen LogP contribution in [0.5, 0.6) is 0 Å². The third-order valence-corrected chi connectivity index (χ3v) is 3.36. The minimum Gasteiger partial charge on any atom is -0.396 e. The highest BCUT2D eigenvalue weighted by atomic mass is 19.1. The molecule has 18 heavy (non-hydrogen) atoms. The molecule has 0 bridgehead atoms. The Bertz CT molecular complexity index is 461. The lowest BCUT2D eigenvalue weighted by atomic mass is 10.1. The molecule has 1 saturated carbocycles. The number of aliphatic hydroxyl groups excluding tert-OH is 1. The minimum atomic E-state index is -0.788. The number of benzene rings is 1. The van der Waals surface area contributed by atoms with Crippen molar-refractivity contribution in [3.05, 3.63) is 39.7 Å². The van der Waals surface area contributed by atoms with Crippen molar-refractivity contribution >= 4 is 5.69 Å². The fourth-order valence-electron chi connectivity index (χ4n) is 1.87. The predicted molar refractivity (Wildman–Crippen MR) is 63.5 cm³/mol. The fraction of sp³-hybridized carbons (Fsp3) is 0.500. The van der Waals surface area contributed by atoms with Crippen LogP contribution in [0.15, 0.2) is 18.2 Å². The van der Waals surface area contributed by atoms with E-state index in [-0.39, 0.29) is 24.1 Å². The maximum absolute atomic E-state index is 13.7. The number of aliphatic hydroxyl groups is 1. The van der Waals surface area contributed by atoms with Crippen LogP contribution >= 0.6 is 0 Å². The van der Waals surface area contributed by atoms with E-state index in [4.69, 9.17) is 5.11 Å². The van der Waals surface area contributed by atoms with Crippen molar-refractivity contribution in [2.75, 3.05) is 13.2 Å². The summed E-state index contributed by atoms with van der Waals surface area (Å²) in [5.41, 5.74) is -0.285. The highest BCUT2D eigenvalue weighted by Gasteiger charge is 2.41. The average molecular weight is 254 g/mol. The maximum Gasteiger partial charge on any atom is 0.305 e. The molecule has 5 nitrogen and oxygen atoms in total. The van der Waals surface area contributed by atoms with Crippen LogP contribution < -0.4 is 5.32 Å². The molecule has 1 aliphatic carbocycles. The Morgan fingerprint density at radius 2 is 2.22 bits per heavy atom. The topological polar surface area (TPSA) is 75.4 Å². The molecule has 0 heterocycles. The van der Waals surface area contributed by atoms with Gasteiger partial charge in [-0.1, -0.05) is 12.1 Å². The number of nitro groups is 1. The summed E-state index contributed by atoms with van der Waals surface area (Å²) in [6.07, 6.45) is 1.93. The molecule has 0 atom stereocenters. The Morgan fingerprint density at radius 3 is 2.78 bits per heavy atom. The molecule has 0 spiro atoms. The second kappa shape index (κ2) is 4.99. The van der Waals surface area contributed by atoms with Gasteiger partial charge in [0.25, 0.3) is 0 Å². The van der Waals surface area contributed by atoms with Gasteiger partial charge in [0.15, 0.2) is 0 Å². The third-order valence-electron chi connectivity index (χ3n) is 3.36. The molecule has 0 aliphatic heterocycles. The summed E-state index contributed by atoms with van der Waals surface area (Å²) in [5.74, 6) is -0.788. The van der Waals surface area contributed by atoms with E-state index < -0.39 is 16.4 Å². The zero-order valence-corrected chi connectivity index (χ0v) is 9.86. The molecule has 1 aromatic rings. The predicted octanol–water partition coefficient (Wildman–Crippen LogP) is 1.60. The molecule has 2 rings (SSSR count). The van der Waals surface area contributed by atoms with Crippen LogP contribution in [0.1, 0.15) is 18.4 Å². The maximum atomic E-state index is 13.7. The lowest BCUT2D eigenvalue weighted by Crippen LogP contribution is -2.26. The molecule has 0 amide bonds. The van der Waals surface area contributed by atoms with Crippen LogP contribution in [0, 0.1) is 21.3 Å². The van der Waals surface area contributed by atoms with Crippen molar-refractivity contribution in [1.82, 2.24) is 5.32 Å². The normalized spacial score (nSPS) is 16.6. The van der Waals surface area contributed by atoms with Crippen molar-refractivity contribution in [2.24, 2.45) is 5.41 Å². The summed E-state index contributed by atoms with van der Waals surface area (Å²) >= 11 is 0. The highest BCUT2D eigenvalue weighted by molar-refractivity contribution is 5.36. The van der Waals surface area contributed by atoms with Crippen LogP contribution in [-0.4, -0.2) is 23.2 Å². The monoisotopic (exact) mass is 254 g/mol. The van der Waals surface area contributed by atoms with Crippen molar-refractivity contribution in [3.8, 4) is 0 Å². The largest absolute Gasteiger partial charge is 0.396 e. The molecule has 0 saturated heterocycles. The van der Waals surface area contributed by atoms with Crippen LogP contribution in [0.2, 0.25) is 0 Å². The molecule has 2 N–H and O–H groups in total. The van der Waals surface area contributed by atoms with Gasteiger partial charge in [-0.2, -0.15) is 4.39 Å². The van der Waals surface area contributed by atoms with Gasteiger partial charge in [0.2, 0.25) is 5.82 Å². The number of rotatable bonds is 6. The standard InChI is InChI=1S/C12H15FN2O3/c13-11-9(2-1-3-10(11)15(17)18)6-14-7-12(8-16)4-5-12/h1-3,14,16H,4-8H2. The van der Waals surface area contributed by atoms with Crippen LogP contribution in [0.3, 0.4) is 0 Å². The summed E-state index contributed by atoms with van der Waals surface area (Å²) < 4.78 is 13.7. The molecular formula is C12H15FN2O3. The Kier molecular flexibility index (Phi) is 3.58. The Morgan fingerprint density at radius 1 is 1.50 bits per heavy atom. The van der Waals surface area contributed by atoms with Gasteiger partial charge in [0.05, 0.1) is 4.92 Å². The first-order valence-corrected chi connectivity index (χ1v) is 5.81. The van der Waals surface area contributed by atoms with E-state index in [0.29, 0.717) is 6.54 Å². The molecule has 1 fully saturated rings. The van der Waals surface area contributed by atoms with Crippen LogP contribution in [-0.2, 0) is 6.54 Å². The number of nitro benzene ring substituents is 1. The fourth-order valence-corrected chi connectivity index (χ4v) is 1.87. The first-order valence-electron chi connectivity index (χ1n) is 5.81. The average Bonchev–Trinajstić information content (AvgIpc) is 3.12. The Hall–Kier alpha value is -1.53. The minimum absolute atomic E-state index is 0.0583. The SMILES string of the molecule is O=[N+]([O-])c1cccc(CNCC2(CO)CC2)c1F. The molecule has 1 aliphatic rings. The number of halogens is 1. The van der Waals surface area contributed by atoms with Gasteiger partial charge in [-0.05, 0) is 12.8 Å². The number of nitrogens with one attached hydrogen (secondary N) is 1. The first-order chi connectivity index (χ1) is 8.58. The van der Waals surface area contributed by atoms with Gasteiger partial charge in [0, 0.05) is 36.7 Å². The number of hydrogen-bond donors (Lipinski definition) is 2. The van der Waals surface area contributed by atoms with E-state index in [0.717, 1.165) is 18.9 Å². The molecule has 0 aromatic heterocycles. The molecule has 0 unspecified atom stereocenters. The van der Waals surface area contributed by atoms with Gasteiger partial charge in [-0.25, -0.2) is 0 Å². The summed E-state index contributed by atoms with van der Waals surface area (Å²) in [6.45, 7) is 0.957. The smallest absolute Gasteiger partial charge is 0.305 e. The van der Waals surface area contributed by atoms with Gasteiger partial charge < -0.3 is 10.4 Å². The summed E-state index contributed by atoms with van der Waals surface area (Å²) in [5, 5.41) is 22.7. The van der Waals surface area contributed by atoms with Gasteiger partial charge in [-0.15, -0.1) is 0 Å². The molecule has 6 heteroatoms. The lowest BCUT2D eigenvalue weighted by Gasteiger charge is -2.12. The third kappa shape index (κ3) is 2.65. The first kappa shape index (κ1) is 12.9. The van der Waals surface area contributed by atoms with E-state index in [2.05, 4.69) is 5.32 Å². The molecule has 1 aromatic carbocycles. The van der Waals surface area contributed by atoms with E-state index in [1.165, 1.54) is 12.1 Å². The number of hydrogen-bond acceptors (Lipinski definition) is 4. The second-order valence-corrected chi connectivity index (χ2v) is 4.77. The lowest BCUT2D eigenvalue weighted by molar-refractivity contribution is -0.387. The van der Waals surface area contributed by atoms with Crippen molar-refractivity contribution in [1.29, 1.82) is 0 Å². The Labute approximate surface area is 104 Å². The van der Waals surface area contributed by atoms with Crippen LogP contribution in [0.25, 0.3) is 0 Å². The quantitative estimate of drug-likeness (QED) is 0.597. The van der Waals surface area contributed by atoms with E-state index in [1.54, 1.807) is 0 Å². The van der Waals surface area contributed by atoms with Gasteiger partial charge in [0.1, 0.15) is 0 Å². The molecule has 98 valence electrons.